The number of rotatable bonds is 3. The predicted octanol–water partition coefficient (Wildman–Crippen LogP) is 2.86. The van der Waals surface area contributed by atoms with Crippen LogP contribution in [0.3, 0.4) is 0 Å². The van der Waals surface area contributed by atoms with Gasteiger partial charge in [0.1, 0.15) is 5.82 Å². The second-order valence-electron chi connectivity index (χ2n) is 5.78. The average molecular weight is 275 g/mol. The fraction of sp³-hybridized carbons (Fsp3) is 0.500. The highest BCUT2D eigenvalue weighted by Crippen LogP contribution is 2.40. The fourth-order valence-electron chi connectivity index (χ4n) is 3.50. The van der Waals surface area contributed by atoms with E-state index in [4.69, 9.17) is 0 Å². The van der Waals surface area contributed by atoms with Gasteiger partial charge in [0.05, 0.1) is 19.0 Å². The maximum atomic E-state index is 13.1. The molecule has 2 fully saturated rings. The van der Waals surface area contributed by atoms with E-state index in [1.807, 2.05) is 0 Å². The Bertz CT molecular complexity index is 520. The lowest BCUT2D eigenvalue weighted by molar-refractivity contribution is -0.130. The molecule has 106 valence electrons. The summed E-state index contributed by atoms with van der Waals surface area (Å²) in [6.45, 7) is 0.206. The zero-order valence-electron chi connectivity index (χ0n) is 11.3. The summed E-state index contributed by atoms with van der Waals surface area (Å²) in [4.78, 5) is 25.3. The molecule has 4 heteroatoms. The topological polar surface area (TPSA) is 37.4 Å². The highest BCUT2D eigenvalue weighted by Gasteiger charge is 2.38. The second kappa shape index (κ2) is 5.35. The lowest BCUT2D eigenvalue weighted by Gasteiger charge is -2.32. The van der Waals surface area contributed by atoms with E-state index >= 15 is 0 Å². The minimum Gasteiger partial charge on any atom is -0.328 e. The summed E-state index contributed by atoms with van der Waals surface area (Å²) < 4.78 is 13.1. The molecule has 1 atom stereocenters. The van der Waals surface area contributed by atoms with E-state index < -0.39 is 0 Å². The Kier molecular flexibility index (Phi) is 3.55. The summed E-state index contributed by atoms with van der Waals surface area (Å²) >= 11 is 0. The first kappa shape index (κ1) is 13.3. The summed E-state index contributed by atoms with van der Waals surface area (Å²) in [5, 5.41) is 0. The van der Waals surface area contributed by atoms with Gasteiger partial charge >= 0.3 is 0 Å². The number of carbonyl (C=O) groups is 2. The predicted molar refractivity (Wildman–Crippen MR) is 72.4 cm³/mol. The quantitative estimate of drug-likeness (QED) is 0.795. The zero-order valence-corrected chi connectivity index (χ0v) is 11.3. The maximum Gasteiger partial charge on any atom is 0.231 e. The van der Waals surface area contributed by atoms with Crippen LogP contribution in [0.1, 0.15) is 43.7 Å². The Morgan fingerprint density at radius 1 is 1.10 bits per heavy atom. The van der Waals surface area contributed by atoms with E-state index in [9.17, 15) is 14.0 Å². The van der Waals surface area contributed by atoms with Gasteiger partial charge in [-0.2, -0.15) is 0 Å². The molecule has 1 aromatic carbocycles. The van der Waals surface area contributed by atoms with E-state index in [1.54, 1.807) is 17.0 Å². The molecule has 1 amide bonds. The lowest BCUT2D eigenvalue weighted by atomic mass is 9.90. The molecular formula is C16H18FNO2. The van der Waals surface area contributed by atoms with Crippen LogP contribution in [0, 0.1) is 11.7 Å². The molecule has 0 radical (unpaired) electrons. The van der Waals surface area contributed by atoms with Crippen molar-refractivity contribution < 1.29 is 14.0 Å². The maximum absolute atomic E-state index is 13.1. The van der Waals surface area contributed by atoms with Gasteiger partial charge in [-0.25, -0.2) is 4.39 Å². The van der Waals surface area contributed by atoms with Crippen molar-refractivity contribution in [3.05, 3.63) is 35.6 Å². The summed E-state index contributed by atoms with van der Waals surface area (Å²) in [6.07, 6.45) is 4.49. The van der Waals surface area contributed by atoms with Crippen LogP contribution in [0.25, 0.3) is 0 Å². The number of benzene rings is 1. The molecule has 1 aliphatic heterocycles. The van der Waals surface area contributed by atoms with E-state index in [2.05, 4.69) is 0 Å². The van der Waals surface area contributed by atoms with Crippen LogP contribution >= 0.6 is 0 Å². The number of nitrogens with zero attached hydrogens (tertiary/aromatic N) is 1. The van der Waals surface area contributed by atoms with Gasteiger partial charge < -0.3 is 4.90 Å². The summed E-state index contributed by atoms with van der Waals surface area (Å²) in [6, 6.07) is 6.28. The van der Waals surface area contributed by atoms with Crippen molar-refractivity contribution in [3.8, 4) is 0 Å². The number of hydrogen-bond acceptors (Lipinski definition) is 2. The molecule has 1 unspecified atom stereocenters. The molecule has 1 saturated heterocycles. The number of hydrogen-bond donors (Lipinski definition) is 0. The second-order valence-corrected chi connectivity index (χ2v) is 5.78. The first-order chi connectivity index (χ1) is 9.65. The van der Waals surface area contributed by atoms with Crippen molar-refractivity contribution in [2.45, 2.75) is 38.1 Å². The van der Waals surface area contributed by atoms with Crippen molar-refractivity contribution in [2.75, 3.05) is 6.54 Å². The first-order valence-electron chi connectivity index (χ1n) is 7.22. The van der Waals surface area contributed by atoms with Crippen LogP contribution in [0.5, 0.6) is 0 Å². The number of ketones is 1. The molecule has 3 nitrogen and oxygen atoms in total. The molecule has 1 aliphatic carbocycles. The lowest BCUT2D eigenvalue weighted by Crippen LogP contribution is -2.34. The Labute approximate surface area is 117 Å². The molecule has 0 bridgehead atoms. The molecule has 2 aliphatic rings. The van der Waals surface area contributed by atoms with Gasteiger partial charge in [-0.3, -0.25) is 9.59 Å². The van der Waals surface area contributed by atoms with Gasteiger partial charge in [0, 0.05) is 0 Å². The standard InChI is InChI=1S/C16H18FNO2/c17-13-7-5-12(6-8-13)16(11-3-1-2-4-11)18-10-14(19)9-15(18)20/h5-8,11,16H,1-4,9-10H2. The average Bonchev–Trinajstić information content (AvgIpc) is 3.03. The van der Waals surface area contributed by atoms with Crippen LogP contribution in [0.4, 0.5) is 4.39 Å². The Morgan fingerprint density at radius 2 is 1.75 bits per heavy atom. The molecule has 1 aromatic rings. The molecule has 1 heterocycles. The van der Waals surface area contributed by atoms with E-state index in [-0.39, 0.29) is 36.5 Å². The molecule has 1 saturated carbocycles. The van der Waals surface area contributed by atoms with Gasteiger partial charge in [-0.1, -0.05) is 25.0 Å². The number of carbonyl (C=O) groups excluding carboxylic acids is 2. The molecule has 3 rings (SSSR count). The number of Topliss-reactive ketones (excluding diaryl/α,β-unsaturated/α-hetero) is 1. The van der Waals surface area contributed by atoms with Crippen LogP contribution in [0.2, 0.25) is 0 Å². The van der Waals surface area contributed by atoms with Crippen molar-refractivity contribution in [1.29, 1.82) is 0 Å². The van der Waals surface area contributed by atoms with Gasteiger partial charge in [-0.05, 0) is 36.5 Å². The van der Waals surface area contributed by atoms with Gasteiger partial charge in [0.2, 0.25) is 5.91 Å². The van der Waals surface area contributed by atoms with E-state index in [0.29, 0.717) is 5.92 Å². The molecule has 20 heavy (non-hydrogen) atoms. The van der Waals surface area contributed by atoms with Gasteiger partial charge in [0.15, 0.2) is 5.78 Å². The SMILES string of the molecule is O=C1CC(=O)N(C(c2ccc(F)cc2)C2CCCC2)C1. The molecular weight excluding hydrogens is 257 g/mol. The minimum absolute atomic E-state index is 0.0138. The first-order valence-corrected chi connectivity index (χ1v) is 7.22. The monoisotopic (exact) mass is 275 g/mol. The number of likely N-dealkylation sites (tertiary alicyclic amines) is 1. The van der Waals surface area contributed by atoms with Crippen LogP contribution in [-0.2, 0) is 9.59 Å². The van der Waals surface area contributed by atoms with Crippen LogP contribution in [-0.4, -0.2) is 23.1 Å². The van der Waals surface area contributed by atoms with Crippen LogP contribution in [0.15, 0.2) is 24.3 Å². The molecule has 0 aromatic heterocycles. The van der Waals surface area contributed by atoms with E-state index in [0.717, 1.165) is 18.4 Å². The van der Waals surface area contributed by atoms with Crippen molar-refractivity contribution in [2.24, 2.45) is 5.92 Å². The largest absolute Gasteiger partial charge is 0.328 e. The van der Waals surface area contributed by atoms with Gasteiger partial charge in [-0.15, -0.1) is 0 Å². The summed E-state index contributed by atoms with van der Waals surface area (Å²) in [5.41, 5.74) is 0.946. The van der Waals surface area contributed by atoms with Crippen molar-refractivity contribution in [1.82, 2.24) is 4.90 Å². The van der Waals surface area contributed by atoms with Gasteiger partial charge in [0.25, 0.3) is 0 Å². The Balaban J connectivity index is 1.93. The van der Waals surface area contributed by atoms with Crippen molar-refractivity contribution >= 4 is 11.7 Å². The zero-order chi connectivity index (χ0) is 14.1. The molecule has 0 spiro atoms. The third-order valence-electron chi connectivity index (χ3n) is 4.41. The fourth-order valence-corrected chi connectivity index (χ4v) is 3.50. The van der Waals surface area contributed by atoms with E-state index in [1.165, 1.54) is 25.0 Å². The highest BCUT2D eigenvalue weighted by molar-refractivity contribution is 6.05. The number of amides is 1. The van der Waals surface area contributed by atoms with Crippen LogP contribution < -0.4 is 0 Å². The third-order valence-corrected chi connectivity index (χ3v) is 4.41. The third kappa shape index (κ3) is 2.47. The minimum atomic E-state index is -0.275. The normalized spacial score (nSPS) is 21.8. The Hall–Kier alpha value is -1.71. The molecule has 0 N–H and O–H groups in total. The number of halogens is 1. The summed E-state index contributed by atoms with van der Waals surface area (Å²) in [5.74, 6) is 0.00870. The highest BCUT2D eigenvalue weighted by atomic mass is 19.1. The summed E-state index contributed by atoms with van der Waals surface area (Å²) in [7, 11) is 0. The smallest absolute Gasteiger partial charge is 0.231 e. The Morgan fingerprint density at radius 3 is 2.30 bits per heavy atom. The van der Waals surface area contributed by atoms with Crippen molar-refractivity contribution in [3.63, 3.8) is 0 Å².